The minimum Gasteiger partial charge on any atom is -0.392 e. The van der Waals surface area contributed by atoms with Gasteiger partial charge in [-0.15, -0.1) is 0 Å². The van der Waals surface area contributed by atoms with Gasteiger partial charge < -0.3 is 10.0 Å². The monoisotopic (exact) mass is 247 g/mol. The summed E-state index contributed by atoms with van der Waals surface area (Å²) in [6.07, 6.45) is 4.19. The molecule has 2 nitrogen and oxygen atoms in total. The highest BCUT2D eigenvalue weighted by Gasteiger charge is 2.41. The van der Waals surface area contributed by atoms with Gasteiger partial charge in [-0.05, 0) is 39.4 Å². The molecule has 2 heteroatoms. The Balaban J connectivity index is 2.37. The maximum Gasteiger partial charge on any atom is 0.0649 e. The summed E-state index contributed by atoms with van der Waals surface area (Å²) >= 11 is 0. The molecule has 0 bridgehead atoms. The second-order valence-corrected chi connectivity index (χ2v) is 6.02. The van der Waals surface area contributed by atoms with Crippen molar-refractivity contribution in [1.29, 1.82) is 0 Å². The van der Waals surface area contributed by atoms with Crippen molar-refractivity contribution in [2.75, 3.05) is 20.6 Å². The fraction of sp³-hybridized carbons (Fsp3) is 0.625. The normalized spacial score (nSPS) is 28.6. The topological polar surface area (TPSA) is 23.5 Å². The molecule has 0 unspecified atom stereocenters. The minimum absolute atomic E-state index is 0.0740. The van der Waals surface area contributed by atoms with Gasteiger partial charge >= 0.3 is 0 Å². The first kappa shape index (κ1) is 13.6. The van der Waals surface area contributed by atoms with Gasteiger partial charge in [-0.2, -0.15) is 0 Å². The lowest BCUT2D eigenvalue weighted by molar-refractivity contribution is 0.0264. The summed E-state index contributed by atoms with van der Waals surface area (Å²) in [5.74, 6) is 0. The number of benzene rings is 1. The number of likely N-dealkylation sites (N-methyl/N-ethyl adjacent to an activating group) is 1. The van der Waals surface area contributed by atoms with E-state index in [1.165, 1.54) is 17.5 Å². The average Bonchev–Trinajstić information content (AvgIpc) is 2.32. The van der Waals surface area contributed by atoms with Crippen LogP contribution >= 0.6 is 0 Å². The van der Waals surface area contributed by atoms with E-state index in [2.05, 4.69) is 50.2 Å². The zero-order chi connectivity index (χ0) is 13.2. The van der Waals surface area contributed by atoms with Crippen molar-refractivity contribution in [2.45, 2.75) is 44.1 Å². The van der Waals surface area contributed by atoms with Gasteiger partial charge in [0.05, 0.1) is 6.10 Å². The summed E-state index contributed by atoms with van der Waals surface area (Å²) in [7, 11) is 4.19. The molecule has 0 radical (unpaired) electrons. The number of aryl methyl sites for hydroxylation is 1. The van der Waals surface area contributed by atoms with Crippen LogP contribution in [0.1, 0.15) is 36.8 Å². The molecule has 0 aromatic heterocycles. The summed E-state index contributed by atoms with van der Waals surface area (Å²) in [6.45, 7) is 3.04. The zero-order valence-corrected chi connectivity index (χ0v) is 11.8. The molecular formula is C16H25NO. The van der Waals surface area contributed by atoms with E-state index in [0.717, 1.165) is 25.8 Å². The molecule has 0 spiro atoms. The summed E-state index contributed by atoms with van der Waals surface area (Å²) in [5, 5.41) is 10.6. The molecule has 2 atom stereocenters. The molecule has 1 N–H and O–H groups in total. The second-order valence-electron chi connectivity index (χ2n) is 6.02. The Morgan fingerprint density at radius 3 is 2.44 bits per heavy atom. The highest BCUT2D eigenvalue weighted by Crippen LogP contribution is 2.40. The van der Waals surface area contributed by atoms with Gasteiger partial charge in [0.15, 0.2) is 0 Å². The highest BCUT2D eigenvalue weighted by molar-refractivity contribution is 5.31. The highest BCUT2D eigenvalue weighted by atomic mass is 16.3. The SMILES string of the molecule is Cc1ccc([C@]2(CN(C)C)CCCC[C@H]2O)cc1. The van der Waals surface area contributed by atoms with Gasteiger partial charge in [-0.1, -0.05) is 42.7 Å². The molecule has 100 valence electrons. The first-order chi connectivity index (χ1) is 8.54. The molecule has 1 saturated carbocycles. The van der Waals surface area contributed by atoms with Gasteiger partial charge in [0, 0.05) is 12.0 Å². The van der Waals surface area contributed by atoms with Crippen molar-refractivity contribution in [2.24, 2.45) is 0 Å². The third kappa shape index (κ3) is 2.60. The van der Waals surface area contributed by atoms with Crippen LogP contribution in [0.3, 0.4) is 0 Å². The molecule has 0 amide bonds. The summed E-state index contributed by atoms with van der Waals surface area (Å²) in [5.41, 5.74) is 2.51. The van der Waals surface area contributed by atoms with E-state index in [1.54, 1.807) is 0 Å². The Hall–Kier alpha value is -0.860. The van der Waals surface area contributed by atoms with Gasteiger partial charge in [-0.3, -0.25) is 0 Å². The Bertz CT molecular complexity index is 385. The third-order valence-corrected chi connectivity index (χ3v) is 4.21. The van der Waals surface area contributed by atoms with Crippen molar-refractivity contribution in [3.8, 4) is 0 Å². The number of nitrogens with zero attached hydrogens (tertiary/aromatic N) is 1. The minimum atomic E-state index is -0.212. The van der Waals surface area contributed by atoms with E-state index >= 15 is 0 Å². The molecule has 0 heterocycles. The molecule has 1 fully saturated rings. The second kappa shape index (κ2) is 5.41. The van der Waals surface area contributed by atoms with E-state index in [9.17, 15) is 5.11 Å². The van der Waals surface area contributed by atoms with Crippen LogP contribution < -0.4 is 0 Å². The lowest BCUT2D eigenvalue weighted by Crippen LogP contribution is -2.49. The first-order valence-corrected chi connectivity index (χ1v) is 6.94. The Morgan fingerprint density at radius 1 is 1.22 bits per heavy atom. The van der Waals surface area contributed by atoms with Gasteiger partial charge in [-0.25, -0.2) is 0 Å². The van der Waals surface area contributed by atoms with Crippen LogP contribution in [-0.2, 0) is 5.41 Å². The Kier molecular flexibility index (Phi) is 4.08. The van der Waals surface area contributed by atoms with Crippen molar-refractivity contribution in [3.05, 3.63) is 35.4 Å². The molecule has 18 heavy (non-hydrogen) atoms. The summed E-state index contributed by atoms with van der Waals surface area (Å²) in [6, 6.07) is 8.73. The van der Waals surface area contributed by atoms with Crippen LogP contribution in [-0.4, -0.2) is 36.8 Å². The van der Waals surface area contributed by atoms with E-state index in [4.69, 9.17) is 0 Å². The molecule has 2 rings (SSSR count). The van der Waals surface area contributed by atoms with Gasteiger partial charge in [0.1, 0.15) is 0 Å². The zero-order valence-electron chi connectivity index (χ0n) is 11.8. The number of hydrogen-bond donors (Lipinski definition) is 1. The van der Waals surface area contributed by atoms with E-state index in [-0.39, 0.29) is 11.5 Å². The lowest BCUT2D eigenvalue weighted by Gasteiger charge is -2.44. The number of aliphatic hydroxyl groups excluding tert-OH is 1. The van der Waals surface area contributed by atoms with E-state index in [0.29, 0.717) is 0 Å². The molecule has 1 aliphatic carbocycles. The van der Waals surface area contributed by atoms with Crippen LogP contribution in [0.4, 0.5) is 0 Å². The van der Waals surface area contributed by atoms with Crippen LogP contribution in [0, 0.1) is 6.92 Å². The van der Waals surface area contributed by atoms with Gasteiger partial charge in [0.2, 0.25) is 0 Å². The standard InChI is InChI=1S/C16H25NO/c1-13-7-9-14(10-8-13)16(12-17(2)3)11-5-4-6-15(16)18/h7-10,15,18H,4-6,11-12H2,1-3H3/t15-,16-/m1/s1. The largest absolute Gasteiger partial charge is 0.392 e. The molecule has 1 aromatic rings. The lowest BCUT2D eigenvalue weighted by atomic mass is 9.67. The number of aliphatic hydroxyl groups is 1. The quantitative estimate of drug-likeness (QED) is 0.888. The predicted octanol–water partition coefficient (Wildman–Crippen LogP) is 2.73. The molecular weight excluding hydrogens is 222 g/mol. The van der Waals surface area contributed by atoms with Crippen molar-refractivity contribution < 1.29 is 5.11 Å². The summed E-state index contributed by atoms with van der Waals surface area (Å²) < 4.78 is 0. The van der Waals surface area contributed by atoms with Crippen molar-refractivity contribution >= 4 is 0 Å². The first-order valence-electron chi connectivity index (χ1n) is 6.94. The number of rotatable bonds is 3. The maximum atomic E-state index is 10.6. The fourth-order valence-electron chi connectivity index (χ4n) is 3.28. The van der Waals surface area contributed by atoms with Gasteiger partial charge in [0.25, 0.3) is 0 Å². The fourth-order valence-corrected chi connectivity index (χ4v) is 3.28. The Labute approximate surface area is 111 Å². The van der Waals surface area contributed by atoms with Crippen molar-refractivity contribution in [3.63, 3.8) is 0 Å². The molecule has 0 saturated heterocycles. The predicted molar refractivity (Wildman–Crippen MR) is 75.9 cm³/mol. The smallest absolute Gasteiger partial charge is 0.0649 e. The van der Waals surface area contributed by atoms with Crippen molar-refractivity contribution in [1.82, 2.24) is 4.90 Å². The summed E-state index contributed by atoms with van der Waals surface area (Å²) in [4.78, 5) is 2.20. The molecule has 1 aromatic carbocycles. The maximum absolute atomic E-state index is 10.6. The molecule has 1 aliphatic rings. The Morgan fingerprint density at radius 2 is 1.89 bits per heavy atom. The van der Waals surface area contributed by atoms with E-state index < -0.39 is 0 Å². The van der Waals surface area contributed by atoms with Crippen LogP contribution in [0.2, 0.25) is 0 Å². The average molecular weight is 247 g/mol. The molecule has 0 aliphatic heterocycles. The third-order valence-electron chi connectivity index (χ3n) is 4.21. The van der Waals surface area contributed by atoms with Crippen LogP contribution in [0.25, 0.3) is 0 Å². The van der Waals surface area contributed by atoms with Crippen LogP contribution in [0.15, 0.2) is 24.3 Å². The van der Waals surface area contributed by atoms with Crippen LogP contribution in [0.5, 0.6) is 0 Å². The van der Waals surface area contributed by atoms with E-state index in [1.807, 2.05) is 0 Å². The number of hydrogen-bond acceptors (Lipinski definition) is 2.